The molecule has 2 rings (SSSR count). The molecule has 6 heteroatoms. The Morgan fingerprint density at radius 3 is 2.56 bits per heavy atom. The molecule has 2 aliphatic heterocycles. The van der Waals surface area contributed by atoms with Crippen LogP contribution >= 0.6 is 0 Å². The molecule has 104 valence electrons. The Labute approximate surface area is 107 Å². The van der Waals surface area contributed by atoms with Crippen LogP contribution in [0, 0.1) is 0 Å². The minimum atomic E-state index is -0.746. The molecule has 18 heavy (non-hydrogen) atoms. The van der Waals surface area contributed by atoms with Crippen molar-refractivity contribution < 1.29 is 24.1 Å². The maximum atomic E-state index is 12.1. The average Bonchev–Trinajstić information content (AvgIpc) is 2.84. The van der Waals surface area contributed by atoms with E-state index in [9.17, 15) is 9.90 Å². The summed E-state index contributed by atoms with van der Waals surface area (Å²) in [6, 6.07) is -0.307. The van der Waals surface area contributed by atoms with Crippen LogP contribution < -0.4 is 0 Å². The van der Waals surface area contributed by atoms with Gasteiger partial charge in [-0.3, -0.25) is 4.90 Å². The maximum Gasteiger partial charge on any atom is 0.410 e. The number of carbonyl (C=O) groups is 1. The summed E-state index contributed by atoms with van der Waals surface area (Å²) < 4.78 is 16.4. The Kier molecular flexibility index (Phi) is 3.53. The number of amides is 1. The van der Waals surface area contributed by atoms with E-state index in [2.05, 4.69) is 0 Å². The van der Waals surface area contributed by atoms with Gasteiger partial charge >= 0.3 is 6.09 Å². The summed E-state index contributed by atoms with van der Waals surface area (Å²) in [5.41, 5.74) is -0.551. The fourth-order valence-electron chi connectivity index (χ4n) is 2.33. The molecule has 2 saturated heterocycles. The summed E-state index contributed by atoms with van der Waals surface area (Å²) in [6.45, 7) is 6.69. The van der Waals surface area contributed by atoms with Crippen molar-refractivity contribution in [1.29, 1.82) is 0 Å². The van der Waals surface area contributed by atoms with Crippen LogP contribution in [0.2, 0.25) is 0 Å². The lowest BCUT2D eigenvalue weighted by molar-refractivity contribution is -0.145. The van der Waals surface area contributed by atoms with Crippen LogP contribution in [0.25, 0.3) is 0 Å². The van der Waals surface area contributed by atoms with Crippen molar-refractivity contribution in [3.8, 4) is 0 Å². The molecule has 0 aromatic heterocycles. The van der Waals surface area contributed by atoms with Crippen molar-refractivity contribution in [2.75, 3.05) is 26.4 Å². The van der Waals surface area contributed by atoms with Crippen molar-refractivity contribution in [2.24, 2.45) is 0 Å². The van der Waals surface area contributed by atoms with E-state index in [0.717, 1.165) is 0 Å². The van der Waals surface area contributed by atoms with E-state index in [0.29, 0.717) is 26.2 Å². The first-order chi connectivity index (χ1) is 8.35. The number of hydrogen-bond donors (Lipinski definition) is 1. The Morgan fingerprint density at radius 1 is 1.44 bits per heavy atom. The topological polar surface area (TPSA) is 68.2 Å². The van der Waals surface area contributed by atoms with E-state index >= 15 is 0 Å². The molecule has 0 saturated carbocycles. The highest BCUT2D eigenvalue weighted by molar-refractivity contribution is 5.69. The van der Waals surface area contributed by atoms with Gasteiger partial charge in [0.2, 0.25) is 0 Å². The number of aliphatic hydroxyl groups is 1. The second-order valence-corrected chi connectivity index (χ2v) is 5.76. The zero-order valence-corrected chi connectivity index (χ0v) is 11.1. The lowest BCUT2D eigenvalue weighted by Crippen LogP contribution is -2.42. The summed E-state index contributed by atoms with van der Waals surface area (Å²) in [6.07, 6.45) is 0.0560. The fourth-order valence-corrected chi connectivity index (χ4v) is 2.33. The predicted octanol–water partition coefficient (Wildman–Crippen LogP) is 0.731. The lowest BCUT2D eigenvalue weighted by atomic mass is 10.1. The molecule has 1 unspecified atom stereocenters. The van der Waals surface area contributed by atoms with Crippen molar-refractivity contribution >= 4 is 6.09 Å². The second kappa shape index (κ2) is 4.68. The van der Waals surface area contributed by atoms with Crippen LogP contribution in [0.1, 0.15) is 27.2 Å². The second-order valence-electron chi connectivity index (χ2n) is 5.76. The predicted molar refractivity (Wildman–Crippen MR) is 63.1 cm³/mol. The number of nitrogens with zero attached hydrogens (tertiary/aromatic N) is 1. The Balaban J connectivity index is 2.05. The first-order valence-corrected chi connectivity index (χ1v) is 6.24. The lowest BCUT2D eigenvalue weighted by Gasteiger charge is -2.27. The Morgan fingerprint density at radius 2 is 2.06 bits per heavy atom. The molecule has 1 N–H and O–H groups in total. The number of aliphatic hydroxyl groups excluding tert-OH is 1. The Bertz CT molecular complexity index is 319. The molecule has 0 aliphatic carbocycles. The van der Waals surface area contributed by atoms with Gasteiger partial charge in [-0.1, -0.05) is 0 Å². The van der Waals surface area contributed by atoms with E-state index in [-0.39, 0.29) is 12.6 Å². The van der Waals surface area contributed by atoms with Gasteiger partial charge in [0.05, 0.1) is 32.4 Å². The molecular formula is C12H21NO5. The summed E-state index contributed by atoms with van der Waals surface area (Å²) >= 11 is 0. The highest BCUT2D eigenvalue weighted by Crippen LogP contribution is 2.35. The number of rotatable bonds is 1. The third-order valence-corrected chi connectivity index (χ3v) is 3.05. The monoisotopic (exact) mass is 259 g/mol. The average molecular weight is 259 g/mol. The molecule has 1 amide bonds. The van der Waals surface area contributed by atoms with Gasteiger partial charge in [0.1, 0.15) is 5.60 Å². The molecule has 2 heterocycles. The van der Waals surface area contributed by atoms with Crippen LogP contribution in [0.5, 0.6) is 0 Å². The molecule has 1 spiro atoms. The van der Waals surface area contributed by atoms with Crippen LogP contribution in [0.15, 0.2) is 0 Å². The SMILES string of the molecule is CC(C)(C)OC(=O)N1CC2(CC1CO)OCCO2. The zero-order valence-electron chi connectivity index (χ0n) is 11.1. The number of carbonyl (C=O) groups excluding carboxylic acids is 1. The van der Waals surface area contributed by atoms with Gasteiger partial charge in [-0.05, 0) is 20.8 Å². The highest BCUT2D eigenvalue weighted by atomic mass is 16.7. The van der Waals surface area contributed by atoms with Crippen LogP contribution in [-0.2, 0) is 14.2 Å². The quantitative estimate of drug-likeness (QED) is 0.752. The van der Waals surface area contributed by atoms with E-state index in [1.165, 1.54) is 4.90 Å². The molecule has 0 aromatic carbocycles. The van der Waals surface area contributed by atoms with Gasteiger partial charge in [0.15, 0.2) is 5.79 Å². The van der Waals surface area contributed by atoms with Gasteiger partial charge in [0.25, 0.3) is 0 Å². The zero-order chi connectivity index (χ0) is 13.4. The summed E-state index contributed by atoms with van der Waals surface area (Å²) in [5, 5.41) is 9.37. The molecule has 2 aliphatic rings. The smallest absolute Gasteiger partial charge is 0.410 e. The first kappa shape index (κ1) is 13.6. The van der Waals surface area contributed by atoms with Gasteiger partial charge < -0.3 is 19.3 Å². The minimum absolute atomic E-state index is 0.117. The molecule has 2 fully saturated rings. The van der Waals surface area contributed by atoms with Crippen LogP contribution in [0.3, 0.4) is 0 Å². The fraction of sp³-hybridized carbons (Fsp3) is 0.917. The van der Waals surface area contributed by atoms with Crippen molar-refractivity contribution in [3.63, 3.8) is 0 Å². The van der Waals surface area contributed by atoms with Gasteiger partial charge in [-0.2, -0.15) is 0 Å². The van der Waals surface area contributed by atoms with Crippen LogP contribution in [-0.4, -0.2) is 59.9 Å². The molecule has 6 nitrogen and oxygen atoms in total. The normalized spacial score (nSPS) is 26.9. The third kappa shape index (κ3) is 2.76. The standard InChI is InChI=1S/C12H21NO5/c1-11(2,3)18-10(15)13-8-12(6-9(13)7-14)16-4-5-17-12/h9,14H,4-8H2,1-3H3. The van der Waals surface area contributed by atoms with E-state index < -0.39 is 17.5 Å². The van der Waals surface area contributed by atoms with Gasteiger partial charge in [0, 0.05) is 6.42 Å². The summed E-state index contributed by atoms with van der Waals surface area (Å²) in [4.78, 5) is 13.5. The van der Waals surface area contributed by atoms with Crippen molar-refractivity contribution in [3.05, 3.63) is 0 Å². The molecule has 0 bridgehead atoms. The highest BCUT2D eigenvalue weighted by Gasteiger charge is 2.50. The molecular weight excluding hydrogens is 238 g/mol. The number of ether oxygens (including phenoxy) is 3. The van der Waals surface area contributed by atoms with Gasteiger partial charge in [-0.15, -0.1) is 0 Å². The number of hydrogen-bond acceptors (Lipinski definition) is 5. The summed E-state index contributed by atoms with van der Waals surface area (Å²) in [7, 11) is 0. The van der Waals surface area contributed by atoms with E-state index in [4.69, 9.17) is 14.2 Å². The van der Waals surface area contributed by atoms with Crippen LogP contribution in [0.4, 0.5) is 4.79 Å². The molecule has 0 aromatic rings. The van der Waals surface area contributed by atoms with E-state index in [1.54, 1.807) is 0 Å². The van der Waals surface area contributed by atoms with Gasteiger partial charge in [-0.25, -0.2) is 4.79 Å². The van der Waals surface area contributed by atoms with Crippen molar-refractivity contribution in [1.82, 2.24) is 4.90 Å². The summed E-state index contributed by atoms with van der Waals surface area (Å²) in [5.74, 6) is -0.746. The number of likely N-dealkylation sites (tertiary alicyclic amines) is 1. The third-order valence-electron chi connectivity index (χ3n) is 3.05. The minimum Gasteiger partial charge on any atom is -0.444 e. The van der Waals surface area contributed by atoms with E-state index in [1.807, 2.05) is 20.8 Å². The molecule has 1 atom stereocenters. The van der Waals surface area contributed by atoms with Crippen molar-refractivity contribution in [2.45, 2.75) is 44.6 Å². The largest absolute Gasteiger partial charge is 0.444 e. The Hall–Kier alpha value is -0.850. The maximum absolute atomic E-state index is 12.1. The first-order valence-electron chi connectivity index (χ1n) is 6.24. The molecule has 0 radical (unpaired) electrons.